The maximum absolute atomic E-state index is 12.4. The maximum Gasteiger partial charge on any atom is 0.353 e. The summed E-state index contributed by atoms with van der Waals surface area (Å²) in [5, 5.41) is 8.47. The van der Waals surface area contributed by atoms with Crippen molar-refractivity contribution in [2.75, 3.05) is 6.54 Å². The van der Waals surface area contributed by atoms with Crippen molar-refractivity contribution in [2.45, 2.75) is 26.4 Å². The Bertz CT molecular complexity index is 748. The van der Waals surface area contributed by atoms with Crippen LogP contribution in [0, 0.1) is 0 Å². The van der Waals surface area contributed by atoms with Gasteiger partial charge in [-0.05, 0) is 24.9 Å². The summed E-state index contributed by atoms with van der Waals surface area (Å²) in [5.74, 6) is -1.44. The van der Waals surface area contributed by atoms with Gasteiger partial charge in [0.05, 0.1) is 5.69 Å². The molecule has 0 saturated heterocycles. The van der Waals surface area contributed by atoms with Gasteiger partial charge in [-0.15, -0.1) is 5.10 Å². The molecule has 1 aromatic carbocycles. The van der Waals surface area contributed by atoms with Crippen molar-refractivity contribution in [3.8, 4) is 0 Å². The minimum Gasteiger partial charge on any atom is -0.443 e. The van der Waals surface area contributed by atoms with Gasteiger partial charge in [-0.2, -0.15) is 0 Å². The van der Waals surface area contributed by atoms with E-state index in [0.29, 0.717) is 24.2 Å². The third-order valence-electron chi connectivity index (χ3n) is 3.22. The van der Waals surface area contributed by atoms with E-state index in [4.69, 9.17) is 4.74 Å². The van der Waals surface area contributed by atoms with Crippen molar-refractivity contribution in [3.05, 3.63) is 46.5 Å². The summed E-state index contributed by atoms with van der Waals surface area (Å²) < 4.78 is 9.10. The largest absolute Gasteiger partial charge is 0.443 e. The standard InChI is InChI=1S/C16H18N4O4S/c1-3-11-13(25-20-19-11)15(22)24-12(10-8-6-5-7-9-10)14(21)18-16(23)17-4-2/h5-9,12H,3-4H2,1-2H3,(H2,17,18,21,23)/t12-/m1/s1. The number of carbonyl (C=O) groups is 3. The number of aromatic nitrogens is 2. The minimum absolute atomic E-state index is 0.245. The molecule has 25 heavy (non-hydrogen) atoms. The van der Waals surface area contributed by atoms with Crippen LogP contribution in [0.5, 0.6) is 0 Å². The second kappa shape index (κ2) is 8.88. The number of rotatable bonds is 6. The van der Waals surface area contributed by atoms with Crippen LogP contribution in [-0.2, 0) is 16.0 Å². The molecule has 0 saturated carbocycles. The summed E-state index contributed by atoms with van der Waals surface area (Å²) in [6.07, 6.45) is -0.745. The van der Waals surface area contributed by atoms with Gasteiger partial charge in [0.15, 0.2) is 4.88 Å². The van der Waals surface area contributed by atoms with E-state index in [1.165, 1.54) is 0 Å². The molecular weight excluding hydrogens is 344 g/mol. The smallest absolute Gasteiger partial charge is 0.353 e. The third kappa shape index (κ3) is 4.83. The molecule has 1 heterocycles. The highest BCUT2D eigenvalue weighted by molar-refractivity contribution is 7.07. The number of nitrogens with one attached hydrogen (secondary N) is 2. The summed E-state index contributed by atoms with van der Waals surface area (Å²) in [4.78, 5) is 36.7. The van der Waals surface area contributed by atoms with E-state index in [0.717, 1.165) is 11.5 Å². The second-order valence-electron chi connectivity index (χ2n) is 4.95. The first-order valence-corrected chi connectivity index (χ1v) is 8.50. The molecule has 2 rings (SSSR count). The van der Waals surface area contributed by atoms with Gasteiger partial charge in [-0.3, -0.25) is 10.1 Å². The number of aryl methyl sites for hydroxylation is 1. The van der Waals surface area contributed by atoms with Crippen LogP contribution in [0.4, 0.5) is 4.79 Å². The fraction of sp³-hybridized carbons (Fsp3) is 0.312. The number of carbonyl (C=O) groups excluding carboxylic acids is 3. The maximum atomic E-state index is 12.4. The van der Waals surface area contributed by atoms with Crippen molar-refractivity contribution in [1.82, 2.24) is 20.2 Å². The van der Waals surface area contributed by atoms with E-state index in [-0.39, 0.29) is 4.88 Å². The van der Waals surface area contributed by atoms with Crippen molar-refractivity contribution in [3.63, 3.8) is 0 Å². The Kier molecular flexibility index (Phi) is 6.58. The summed E-state index contributed by atoms with van der Waals surface area (Å²) in [5.41, 5.74) is 0.958. The van der Waals surface area contributed by atoms with Crippen LogP contribution in [0.1, 0.15) is 40.9 Å². The lowest BCUT2D eigenvalue weighted by atomic mass is 10.1. The van der Waals surface area contributed by atoms with Crippen LogP contribution in [-0.4, -0.2) is 34.0 Å². The molecule has 0 bridgehead atoms. The van der Waals surface area contributed by atoms with Crippen LogP contribution in [0.15, 0.2) is 30.3 Å². The molecule has 132 valence electrons. The molecule has 2 aromatic rings. The van der Waals surface area contributed by atoms with Crippen LogP contribution in [0.2, 0.25) is 0 Å². The van der Waals surface area contributed by atoms with Crippen molar-refractivity contribution < 1.29 is 19.1 Å². The molecule has 1 atom stereocenters. The first kappa shape index (κ1) is 18.5. The average molecular weight is 362 g/mol. The number of hydrogen-bond donors (Lipinski definition) is 2. The highest BCUT2D eigenvalue weighted by atomic mass is 32.1. The van der Waals surface area contributed by atoms with Gasteiger partial charge in [-0.1, -0.05) is 41.7 Å². The van der Waals surface area contributed by atoms with Crippen molar-refractivity contribution in [1.29, 1.82) is 0 Å². The zero-order valence-corrected chi connectivity index (χ0v) is 14.6. The first-order valence-electron chi connectivity index (χ1n) is 7.72. The highest BCUT2D eigenvalue weighted by Gasteiger charge is 2.28. The van der Waals surface area contributed by atoms with E-state index in [1.54, 1.807) is 37.3 Å². The fourth-order valence-corrected chi connectivity index (χ4v) is 2.67. The zero-order valence-electron chi connectivity index (χ0n) is 13.8. The molecule has 9 heteroatoms. The monoisotopic (exact) mass is 362 g/mol. The van der Waals surface area contributed by atoms with Gasteiger partial charge in [0.2, 0.25) is 6.10 Å². The highest BCUT2D eigenvalue weighted by Crippen LogP contribution is 2.22. The number of benzene rings is 1. The molecule has 8 nitrogen and oxygen atoms in total. The molecule has 1 aromatic heterocycles. The number of hydrogen-bond acceptors (Lipinski definition) is 7. The summed E-state index contributed by atoms with van der Waals surface area (Å²) in [7, 11) is 0. The summed E-state index contributed by atoms with van der Waals surface area (Å²) in [6, 6.07) is 7.81. The van der Waals surface area contributed by atoms with Crippen LogP contribution >= 0.6 is 11.5 Å². The molecule has 0 fully saturated rings. The number of nitrogens with zero attached hydrogens (tertiary/aromatic N) is 2. The molecule has 0 aliphatic carbocycles. The van der Waals surface area contributed by atoms with Crippen molar-refractivity contribution in [2.24, 2.45) is 0 Å². The van der Waals surface area contributed by atoms with Gasteiger partial charge in [-0.25, -0.2) is 9.59 Å². The van der Waals surface area contributed by atoms with Gasteiger partial charge >= 0.3 is 12.0 Å². The fourth-order valence-electron chi connectivity index (χ4n) is 2.04. The van der Waals surface area contributed by atoms with Crippen molar-refractivity contribution >= 4 is 29.4 Å². The molecule has 0 radical (unpaired) electrons. The predicted octanol–water partition coefficient (Wildman–Crippen LogP) is 1.84. The Morgan fingerprint density at radius 2 is 1.92 bits per heavy atom. The SMILES string of the molecule is CCNC(=O)NC(=O)[C@H](OC(=O)c1snnc1CC)c1ccccc1. The number of ether oxygens (including phenoxy) is 1. The van der Waals surface area contributed by atoms with Crippen LogP contribution < -0.4 is 10.6 Å². The lowest BCUT2D eigenvalue weighted by Gasteiger charge is -2.17. The predicted molar refractivity (Wildman–Crippen MR) is 91.1 cm³/mol. The summed E-state index contributed by atoms with van der Waals surface area (Å²) in [6.45, 7) is 3.92. The molecule has 0 aliphatic rings. The van der Waals surface area contributed by atoms with E-state index < -0.39 is 24.0 Å². The number of imide groups is 1. The van der Waals surface area contributed by atoms with Crippen LogP contribution in [0.3, 0.4) is 0 Å². The third-order valence-corrected chi connectivity index (χ3v) is 3.96. The Balaban J connectivity index is 2.22. The Morgan fingerprint density at radius 3 is 2.56 bits per heavy atom. The summed E-state index contributed by atoms with van der Waals surface area (Å²) >= 11 is 0.907. The lowest BCUT2D eigenvalue weighted by molar-refractivity contribution is -0.129. The number of urea groups is 1. The Morgan fingerprint density at radius 1 is 1.20 bits per heavy atom. The normalized spacial score (nSPS) is 11.4. The topological polar surface area (TPSA) is 110 Å². The average Bonchev–Trinajstić information content (AvgIpc) is 3.09. The molecule has 0 aliphatic heterocycles. The van der Waals surface area contributed by atoms with E-state index >= 15 is 0 Å². The first-order chi connectivity index (χ1) is 12.1. The lowest BCUT2D eigenvalue weighted by Crippen LogP contribution is -2.42. The van der Waals surface area contributed by atoms with E-state index in [9.17, 15) is 14.4 Å². The van der Waals surface area contributed by atoms with Gasteiger partial charge in [0.25, 0.3) is 5.91 Å². The molecule has 0 spiro atoms. The molecule has 3 amide bonds. The molecule has 0 unspecified atom stereocenters. The van der Waals surface area contributed by atoms with Gasteiger partial charge in [0, 0.05) is 12.1 Å². The minimum atomic E-state index is -1.26. The number of esters is 1. The van der Waals surface area contributed by atoms with E-state index in [1.807, 2.05) is 6.92 Å². The van der Waals surface area contributed by atoms with Gasteiger partial charge < -0.3 is 10.1 Å². The Hall–Kier alpha value is -2.81. The van der Waals surface area contributed by atoms with E-state index in [2.05, 4.69) is 20.2 Å². The Labute approximate surface area is 148 Å². The molecular formula is C16H18N4O4S. The quantitative estimate of drug-likeness (QED) is 0.759. The molecule has 2 N–H and O–H groups in total. The number of amides is 3. The van der Waals surface area contributed by atoms with Gasteiger partial charge in [0.1, 0.15) is 0 Å². The van der Waals surface area contributed by atoms with Crippen LogP contribution in [0.25, 0.3) is 0 Å². The second-order valence-corrected chi connectivity index (χ2v) is 5.70. The zero-order chi connectivity index (χ0) is 18.2.